The zero-order chi connectivity index (χ0) is 10.0. The Bertz CT molecular complexity index is 379. The molecule has 0 radical (unpaired) electrons. The number of nitrogens with zero attached hydrogens (tertiary/aromatic N) is 2. The molecule has 1 rings (SSSR count). The first-order valence-electron chi connectivity index (χ1n) is 3.42. The standard InChI is InChI=1S/C6H4N2O4/c9-7(10)5-2-1-3-6(4-5)8(11)12/h1-4H/i2D. The summed E-state index contributed by atoms with van der Waals surface area (Å²) in [5.41, 5.74) is -0.947. The van der Waals surface area contributed by atoms with Crippen LogP contribution < -0.4 is 0 Å². The van der Waals surface area contributed by atoms with E-state index in [-0.39, 0.29) is 11.7 Å². The number of hydrogen-bond acceptors (Lipinski definition) is 4. The predicted octanol–water partition coefficient (Wildman–Crippen LogP) is 1.50. The molecule has 0 unspecified atom stereocenters. The van der Waals surface area contributed by atoms with Crippen molar-refractivity contribution in [1.82, 2.24) is 0 Å². The van der Waals surface area contributed by atoms with Gasteiger partial charge in [-0.3, -0.25) is 20.2 Å². The highest BCUT2D eigenvalue weighted by Gasteiger charge is 2.11. The quantitative estimate of drug-likeness (QED) is 0.495. The Morgan fingerprint density at radius 3 is 2.33 bits per heavy atom. The zero-order valence-electron chi connectivity index (χ0n) is 6.76. The Morgan fingerprint density at radius 1 is 1.25 bits per heavy atom. The molecule has 0 N–H and O–H groups in total. The predicted molar refractivity (Wildman–Crippen MR) is 39.8 cm³/mol. The van der Waals surface area contributed by atoms with Gasteiger partial charge in [-0.1, -0.05) is 0 Å². The average molecular weight is 169 g/mol. The zero-order valence-corrected chi connectivity index (χ0v) is 5.76. The first-order chi connectivity index (χ1) is 6.02. The molecule has 0 bridgehead atoms. The van der Waals surface area contributed by atoms with Crippen LogP contribution in [-0.4, -0.2) is 9.85 Å². The van der Waals surface area contributed by atoms with E-state index < -0.39 is 15.5 Å². The average Bonchev–Trinajstić information content (AvgIpc) is 2.04. The number of rotatable bonds is 2. The van der Waals surface area contributed by atoms with Gasteiger partial charge in [0.05, 0.1) is 17.3 Å². The summed E-state index contributed by atoms with van der Waals surface area (Å²) in [5, 5.41) is 20.5. The highest BCUT2D eigenvalue weighted by atomic mass is 16.6. The van der Waals surface area contributed by atoms with E-state index in [1.807, 2.05) is 0 Å². The van der Waals surface area contributed by atoms with E-state index in [4.69, 9.17) is 1.37 Å². The van der Waals surface area contributed by atoms with E-state index in [2.05, 4.69) is 0 Å². The van der Waals surface area contributed by atoms with Crippen LogP contribution >= 0.6 is 0 Å². The molecule has 62 valence electrons. The number of nitro benzene ring substituents is 2. The van der Waals surface area contributed by atoms with Gasteiger partial charge in [-0.2, -0.15) is 0 Å². The largest absolute Gasteiger partial charge is 0.276 e. The van der Waals surface area contributed by atoms with E-state index in [1.165, 1.54) is 0 Å². The fourth-order valence-corrected chi connectivity index (χ4v) is 0.661. The fraction of sp³-hybridized carbons (Fsp3) is 0. The van der Waals surface area contributed by atoms with Gasteiger partial charge in [0.2, 0.25) is 0 Å². The van der Waals surface area contributed by atoms with Crippen LogP contribution in [-0.2, 0) is 0 Å². The SMILES string of the molecule is [2H]c1ccc([N+](=O)[O-])cc1[N+](=O)[O-]. The lowest BCUT2D eigenvalue weighted by atomic mass is 10.3. The Hall–Kier alpha value is -1.98. The van der Waals surface area contributed by atoms with Gasteiger partial charge >= 0.3 is 0 Å². The lowest BCUT2D eigenvalue weighted by Crippen LogP contribution is -1.91. The second-order valence-electron chi connectivity index (χ2n) is 1.95. The molecule has 1 aromatic rings. The molecule has 1 aromatic carbocycles. The van der Waals surface area contributed by atoms with E-state index in [0.717, 1.165) is 18.2 Å². The van der Waals surface area contributed by atoms with E-state index in [0.29, 0.717) is 0 Å². The van der Waals surface area contributed by atoms with Gasteiger partial charge in [-0.15, -0.1) is 0 Å². The summed E-state index contributed by atoms with van der Waals surface area (Å²) < 4.78 is 7.07. The van der Waals surface area contributed by atoms with Gasteiger partial charge in [0.15, 0.2) is 0 Å². The smallest absolute Gasteiger partial charge is 0.258 e. The summed E-state index contributed by atoms with van der Waals surface area (Å²) in [5.74, 6) is 0. The normalized spacial score (nSPS) is 10.5. The minimum absolute atomic E-state index is 0.337. The molecule has 0 atom stereocenters. The minimum atomic E-state index is -0.824. The number of hydrogen-bond donors (Lipinski definition) is 0. The molecule has 12 heavy (non-hydrogen) atoms. The third kappa shape index (κ3) is 1.54. The van der Waals surface area contributed by atoms with Gasteiger partial charge in [0.25, 0.3) is 11.4 Å². The second kappa shape index (κ2) is 2.95. The van der Waals surface area contributed by atoms with Crippen molar-refractivity contribution in [1.29, 1.82) is 0 Å². The monoisotopic (exact) mass is 169 g/mol. The van der Waals surface area contributed by atoms with Crippen LogP contribution in [0.3, 0.4) is 0 Å². The maximum Gasteiger partial charge on any atom is 0.276 e. The van der Waals surface area contributed by atoms with Crippen molar-refractivity contribution >= 4 is 11.4 Å². The Morgan fingerprint density at radius 2 is 1.83 bits per heavy atom. The summed E-state index contributed by atoms with van der Waals surface area (Å²) in [6.07, 6.45) is 0. The number of nitro groups is 2. The molecule has 0 spiro atoms. The molecule has 0 aromatic heterocycles. The highest BCUT2D eigenvalue weighted by molar-refractivity contribution is 5.42. The van der Waals surface area contributed by atoms with Gasteiger partial charge in [-0.25, -0.2) is 0 Å². The Balaban J connectivity index is 3.27. The molecule has 6 heteroatoms. The molecule has 0 saturated carbocycles. The van der Waals surface area contributed by atoms with Gasteiger partial charge in [-0.05, 0) is 6.07 Å². The second-order valence-corrected chi connectivity index (χ2v) is 1.95. The van der Waals surface area contributed by atoms with Crippen LogP contribution in [0, 0.1) is 20.2 Å². The third-order valence-electron chi connectivity index (χ3n) is 1.18. The maximum absolute atomic E-state index is 10.3. The molecular formula is C6H4N2O4. The summed E-state index contributed by atoms with van der Waals surface area (Å²) in [6.45, 7) is 0. The van der Waals surface area contributed by atoms with E-state index >= 15 is 0 Å². The number of benzene rings is 1. The highest BCUT2D eigenvalue weighted by Crippen LogP contribution is 2.18. The summed E-state index contributed by atoms with van der Waals surface area (Å²) >= 11 is 0. The van der Waals surface area contributed by atoms with Crippen molar-refractivity contribution in [3.05, 3.63) is 44.5 Å². The molecule has 6 nitrogen and oxygen atoms in total. The molecule has 0 heterocycles. The van der Waals surface area contributed by atoms with Crippen molar-refractivity contribution in [3.63, 3.8) is 0 Å². The van der Waals surface area contributed by atoms with Gasteiger partial charge in [0, 0.05) is 12.1 Å². The Kier molecular flexibility index (Phi) is 1.65. The summed E-state index contributed by atoms with van der Waals surface area (Å²) in [6, 6.07) is 2.50. The lowest BCUT2D eigenvalue weighted by molar-refractivity contribution is -0.394. The number of non-ortho nitro benzene ring substituents is 1. The van der Waals surface area contributed by atoms with Gasteiger partial charge in [0.1, 0.15) is 0 Å². The van der Waals surface area contributed by atoms with Crippen LogP contribution in [0.4, 0.5) is 11.4 Å². The summed E-state index contributed by atoms with van der Waals surface area (Å²) in [7, 11) is 0. The maximum atomic E-state index is 10.3. The molecule has 0 saturated heterocycles. The lowest BCUT2D eigenvalue weighted by Gasteiger charge is -1.90. The van der Waals surface area contributed by atoms with Crippen LogP contribution in [0.1, 0.15) is 1.37 Å². The van der Waals surface area contributed by atoms with Crippen molar-refractivity contribution in [2.24, 2.45) is 0 Å². The van der Waals surface area contributed by atoms with Crippen LogP contribution in [0.25, 0.3) is 0 Å². The van der Waals surface area contributed by atoms with Crippen LogP contribution in [0.2, 0.25) is 0 Å². The minimum Gasteiger partial charge on any atom is -0.258 e. The topological polar surface area (TPSA) is 86.3 Å². The van der Waals surface area contributed by atoms with E-state index in [9.17, 15) is 20.2 Å². The van der Waals surface area contributed by atoms with Crippen molar-refractivity contribution in [3.8, 4) is 0 Å². The van der Waals surface area contributed by atoms with Crippen LogP contribution in [0.5, 0.6) is 0 Å². The first-order valence-corrected chi connectivity index (χ1v) is 2.92. The van der Waals surface area contributed by atoms with Crippen LogP contribution in [0.15, 0.2) is 24.2 Å². The third-order valence-corrected chi connectivity index (χ3v) is 1.18. The van der Waals surface area contributed by atoms with Crippen molar-refractivity contribution in [2.45, 2.75) is 0 Å². The molecule has 0 aliphatic rings. The molecule has 0 fully saturated rings. The molecular weight excluding hydrogens is 164 g/mol. The van der Waals surface area contributed by atoms with Gasteiger partial charge < -0.3 is 0 Å². The first kappa shape index (κ1) is 6.71. The van der Waals surface area contributed by atoms with E-state index in [1.54, 1.807) is 0 Å². The van der Waals surface area contributed by atoms with Crippen molar-refractivity contribution < 1.29 is 11.2 Å². The molecule has 0 amide bonds. The molecule has 0 aliphatic carbocycles. The Labute approximate surface area is 68.1 Å². The fourth-order valence-electron chi connectivity index (χ4n) is 0.661. The summed E-state index contributed by atoms with van der Waals surface area (Å²) in [4.78, 5) is 18.9. The van der Waals surface area contributed by atoms with Crippen molar-refractivity contribution in [2.75, 3.05) is 0 Å². The molecule has 0 aliphatic heterocycles.